The second-order valence-corrected chi connectivity index (χ2v) is 4.26. The first-order valence-electron chi connectivity index (χ1n) is 5.59. The van der Waals surface area contributed by atoms with Gasteiger partial charge >= 0.3 is 0 Å². The maximum atomic E-state index is 6.00. The summed E-state index contributed by atoms with van der Waals surface area (Å²) in [6, 6.07) is 16.7. The van der Waals surface area contributed by atoms with Crippen molar-refractivity contribution in [3.63, 3.8) is 0 Å². The Labute approximate surface area is 96.9 Å². The molecule has 1 atom stereocenters. The lowest BCUT2D eigenvalue weighted by molar-refractivity contribution is 0.923. The number of nitrogens with two attached hydrogens (primary N) is 1. The third-order valence-electron chi connectivity index (χ3n) is 3.00. The second kappa shape index (κ2) is 4.40. The average molecular weight is 211 g/mol. The van der Waals surface area contributed by atoms with Crippen molar-refractivity contribution in [2.75, 3.05) is 5.73 Å². The van der Waals surface area contributed by atoms with Gasteiger partial charge < -0.3 is 5.73 Å². The average Bonchev–Trinajstić information content (AvgIpc) is 2.29. The maximum Gasteiger partial charge on any atom is 0.0352 e. The molecule has 0 aliphatic heterocycles. The minimum Gasteiger partial charge on any atom is -0.398 e. The summed E-state index contributed by atoms with van der Waals surface area (Å²) >= 11 is 0. The zero-order valence-electron chi connectivity index (χ0n) is 9.77. The van der Waals surface area contributed by atoms with Crippen molar-refractivity contribution in [1.29, 1.82) is 0 Å². The molecule has 16 heavy (non-hydrogen) atoms. The lowest BCUT2D eigenvalue weighted by atomic mass is 9.91. The van der Waals surface area contributed by atoms with Gasteiger partial charge in [0.05, 0.1) is 0 Å². The van der Waals surface area contributed by atoms with Crippen LogP contribution in [0.4, 0.5) is 5.69 Å². The van der Waals surface area contributed by atoms with Crippen LogP contribution in [0.25, 0.3) is 0 Å². The van der Waals surface area contributed by atoms with Crippen molar-refractivity contribution in [3.05, 3.63) is 65.2 Å². The Kier molecular flexibility index (Phi) is 2.95. The SMILES string of the molecule is Cc1cccc(C(C)c2ccccc2N)c1. The van der Waals surface area contributed by atoms with Gasteiger partial charge in [0.15, 0.2) is 0 Å². The van der Waals surface area contributed by atoms with Gasteiger partial charge in [0.2, 0.25) is 0 Å². The van der Waals surface area contributed by atoms with Gasteiger partial charge in [-0.1, -0.05) is 55.0 Å². The van der Waals surface area contributed by atoms with Gasteiger partial charge in [-0.05, 0) is 24.1 Å². The van der Waals surface area contributed by atoms with Gasteiger partial charge in [0.25, 0.3) is 0 Å². The molecule has 0 spiro atoms. The summed E-state index contributed by atoms with van der Waals surface area (Å²) in [5, 5.41) is 0. The number of anilines is 1. The van der Waals surface area contributed by atoms with E-state index in [1.165, 1.54) is 16.7 Å². The molecule has 2 aromatic carbocycles. The lowest BCUT2D eigenvalue weighted by Crippen LogP contribution is -2.00. The smallest absolute Gasteiger partial charge is 0.0352 e. The first-order valence-corrected chi connectivity index (χ1v) is 5.59. The number of benzene rings is 2. The van der Waals surface area contributed by atoms with Crippen LogP contribution < -0.4 is 5.73 Å². The Balaban J connectivity index is 2.39. The molecule has 1 heteroatoms. The largest absolute Gasteiger partial charge is 0.398 e. The molecule has 82 valence electrons. The van der Waals surface area contributed by atoms with Crippen LogP contribution in [0.1, 0.15) is 29.5 Å². The fourth-order valence-corrected chi connectivity index (χ4v) is 2.02. The van der Waals surface area contributed by atoms with Crippen LogP contribution in [-0.2, 0) is 0 Å². The fraction of sp³-hybridized carbons (Fsp3) is 0.200. The maximum absolute atomic E-state index is 6.00. The third kappa shape index (κ3) is 2.08. The van der Waals surface area contributed by atoms with Crippen molar-refractivity contribution in [3.8, 4) is 0 Å². The first-order chi connectivity index (χ1) is 7.68. The highest BCUT2D eigenvalue weighted by molar-refractivity contribution is 5.51. The topological polar surface area (TPSA) is 26.0 Å². The molecular weight excluding hydrogens is 194 g/mol. The number of aryl methyl sites for hydroxylation is 1. The third-order valence-corrected chi connectivity index (χ3v) is 3.00. The van der Waals surface area contributed by atoms with E-state index in [1.54, 1.807) is 0 Å². The van der Waals surface area contributed by atoms with E-state index in [0.717, 1.165) is 5.69 Å². The number of hydrogen-bond donors (Lipinski definition) is 1. The predicted octanol–water partition coefficient (Wildman–Crippen LogP) is 3.73. The Morgan fingerprint density at radius 2 is 1.75 bits per heavy atom. The predicted molar refractivity (Wildman–Crippen MR) is 69.6 cm³/mol. The highest BCUT2D eigenvalue weighted by Crippen LogP contribution is 2.28. The van der Waals surface area contributed by atoms with Crippen LogP contribution in [0, 0.1) is 6.92 Å². The Morgan fingerprint density at radius 1 is 1.00 bits per heavy atom. The molecule has 1 unspecified atom stereocenters. The fourth-order valence-electron chi connectivity index (χ4n) is 2.02. The van der Waals surface area contributed by atoms with Crippen LogP contribution >= 0.6 is 0 Å². The molecule has 0 heterocycles. The Morgan fingerprint density at radius 3 is 2.44 bits per heavy atom. The minimum absolute atomic E-state index is 0.348. The zero-order valence-corrected chi connectivity index (χ0v) is 9.77. The van der Waals surface area contributed by atoms with Crippen molar-refractivity contribution < 1.29 is 0 Å². The molecule has 0 radical (unpaired) electrons. The summed E-state index contributed by atoms with van der Waals surface area (Å²) in [7, 11) is 0. The van der Waals surface area contributed by atoms with Gasteiger partial charge in [-0.15, -0.1) is 0 Å². The molecule has 2 aromatic rings. The van der Waals surface area contributed by atoms with E-state index in [2.05, 4.69) is 44.2 Å². The monoisotopic (exact) mass is 211 g/mol. The van der Waals surface area contributed by atoms with Gasteiger partial charge in [-0.25, -0.2) is 0 Å². The van der Waals surface area contributed by atoms with Crippen LogP contribution in [0.3, 0.4) is 0 Å². The number of para-hydroxylation sites is 1. The Hall–Kier alpha value is -1.76. The van der Waals surface area contributed by atoms with E-state index >= 15 is 0 Å². The molecule has 0 amide bonds. The van der Waals surface area contributed by atoms with Crippen LogP contribution in [0.5, 0.6) is 0 Å². The zero-order chi connectivity index (χ0) is 11.5. The number of rotatable bonds is 2. The van der Waals surface area contributed by atoms with E-state index in [4.69, 9.17) is 5.73 Å². The highest BCUT2D eigenvalue weighted by Gasteiger charge is 2.10. The number of hydrogen-bond acceptors (Lipinski definition) is 1. The molecule has 2 rings (SSSR count). The highest BCUT2D eigenvalue weighted by atomic mass is 14.6. The molecule has 2 N–H and O–H groups in total. The van der Waals surface area contributed by atoms with Gasteiger partial charge in [-0.2, -0.15) is 0 Å². The van der Waals surface area contributed by atoms with Gasteiger partial charge in [-0.3, -0.25) is 0 Å². The van der Waals surface area contributed by atoms with Crippen molar-refractivity contribution in [1.82, 2.24) is 0 Å². The second-order valence-electron chi connectivity index (χ2n) is 4.26. The van der Waals surface area contributed by atoms with Crippen molar-refractivity contribution in [2.45, 2.75) is 19.8 Å². The van der Waals surface area contributed by atoms with E-state index in [1.807, 2.05) is 18.2 Å². The van der Waals surface area contributed by atoms with E-state index < -0.39 is 0 Å². The molecule has 0 bridgehead atoms. The summed E-state index contributed by atoms with van der Waals surface area (Å²) < 4.78 is 0. The molecule has 0 aliphatic rings. The van der Waals surface area contributed by atoms with Crippen molar-refractivity contribution >= 4 is 5.69 Å². The van der Waals surface area contributed by atoms with Crippen LogP contribution in [0.2, 0.25) is 0 Å². The Bertz CT molecular complexity index is 488. The minimum atomic E-state index is 0.348. The molecule has 0 aliphatic carbocycles. The van der Waals surface area contributed by atoms with Gasteiger partial charge in [0, 0.05) is 11.6 Å². The molecular formula is C15H17N. The van der Waals surface area contributed by atoms with Gasteiger partial charge in [0.1, 0.15) is 0 Å². The van der Waals surface area contributed by atoms with E-state index in [-0.39, 0.29) is 0 Å². The molecule has 0 saturated heterocycles. The summed E-state index contributed by atoms with van der Waals surface area (Å²) in [6.07, 6.45) is 0. The summed E-state index contributed by atoms with van der Waals surface area (Å²) in [5.41, 5.74) is 10.7. The molecule has 0 fully saturated rings. The number of nitrogen functional groups attached to an aromatic ring is 1. The van der Waals surface area contributed by atoms with Crippen molar-refractivity contribution in [2.24, 2.45) is 0 Å². The summed E-state index contributed by atoms with van der Waals surface area (Å²) in [5.74, 6) is 0.348. The molecule has 1 nitrogen and oxygen atoms in total. The summed E-state index contributed by atoms with van der Waals surface area (Å²) in [4.78, 5) is 0. The normalized spacial score (nSPS) is 12.4. The van der Waals surface area contributed by atoms with E-state index in [9.17, 15) is 0 Å². The molecule has 0 aromatic heterocycles. The lowest BCUT2D eigenvalue weighted by Gasteiger charge is -2.15. The first kappa shape index (κ1) is 10.7. The quantitative estimate of drug-likeness (QED) is 0.752. The standard InChI is InChI=1S/C15H17N/c1-11-6-5-7-13(10-11)12(2)14-8-3-4-9-15(14)16/h3-10,12H,16H2,1-2H3. The molecule has 0 saturated carbocycles. The summed E-state index contributed by atoms with van der Waals surface area (Å²) in [6.45, 7) is 4.31. The van der Waals surface area contributed by atoms with Crippen LogP contribution in [0.15, 0.2) is 48.5 Å². The van der Waals surface area contributed by atoms with E-state index in [0.29, 0.717) is 5.92 Å². The van der Waals surface area contributed by atoms with Crippen LogP contribution in [-0.4, -0.2) is 0 Å².